The van der Waals surface area contributed by atoms with Crippen molar-refractivity contribution < 1.29 is 14.9 Å². The van der Waals surface area contributed by atoms with Gasteiger partial charge in [0.25, 0.3) is 0 Å². The number of hydrogen-bond acceptors (Lipinski definition) is 4. The van der Waals surface area contributed by atoms with Gasteiger partial charge in [0.15, 0.2) is 0 Å². The van der Waals surface area contributed by atoms with E-state index in [4.69, 9.17) is 15.6 Å². The van der Waals surface area contributed by atoms with Crippen LogP contribution in [0, 0.1) is 0 Å². The molecule has 0 radical (unpaired) electrons. The van der Waals surface area contributed by atoms with Crippen molar-refractivity contribution in [3.05, 3.63) is 30.1 Å². The van der Waals surface area contributed by atoms with Gasteiger partial charge in [0, 0.05) is 17.8 Å². The highest BCUT2D eigenvalue weighted by Crippen LogP contribution is 2.32. The molecule has 1 aliphatic rings. The predicted octanol–water partition coefficient (Wildman–Crippen LogP) is 0.127. The third kappa shape index (κ3) is 1.97. The maximum absolute atomic E-state index is 9.60. The molecule has 1 saturated heterocycles. The fourth-order valence-electron chi connectivity index (χ4n) is 1.88. The van der Waals surface area contributed by atoms with Crippen LogP contribution in [0.1, 0.15) is 23.9 Å². The monoisotopic (exact) mass is 224 g/mol. The lowest BCUT2D eigenvalue weighted by Gasteiger charge is -2.10. The molecule has 0 amide bonds. The van der Waals surface area contributed by atoms with E-state index < -0.39 is 12.2 Å². The molecule has 3 atom stereocenters. The lowest BCUT2D eigenvalue weighted by Crippen LogP contribution is -2.24. The number of nitrogens with two attached hydrogens (primary N) is 1. The molecule has 88 valence electrons. The van der Waals surface area contributed by atoms with Crippen LogP contribution in [0.4, 0.5) is 0 Å². The van der Waals surface area contributed by atoms with Gasteiger partial charge in [-0.2, -0.15) is 0 Å². The zero-order valence-corrected chi connectivity index (χ0v) is 8.89. The summed E-state index contributed by atoms with van der Waals surface area (Å²) in [7, 11) is 0. The SMILES string of the molecule is C=C(N)c1ccc([C@H]2C[C@H](O)[C@@H](CO)O2)[nH]1. The highest BCUT2D eigenvalue weighted by Gasteiger charge is 2.34. The standard InChI is InChI=1S/C11H16N2O3/c1-6(12)7-2-3-8(13-7)10-4-9(15)11(5-14)16-10/h2-3,9-11,13-15H,1,4-5,12H2/t9-,10+,11+/m0/s1. The lowest BCUT2D eigenvalue weighted by molar-refractivity contribution is -0.0234. The van der Waals surface area contributed by atoms with E-state index in [1.54, 1.807) is 0 Å². The van der Waals surface area contributed by atoms with Gasteiger partial charge >= 0.3 is 0 Å². The Hall–Kier alpha value is -1.30. The Morgan fingerprint density at radius 2 is 2.38 bits per heavy atom. The Bertz CT molecular complexity index is 388. The van der Waals surface area contributed by atoms with Gasteiger partial charge in [0.05, 0.1) is 18.4 Å². The second-order valence-electron chi connectivity index (χ2n) is 4.00. The van der Waals surface area contributed by atoms with E-state index in [0.717, 1.165) is 11.4 Å². The summed E-state index contributed by atoms with van der Waals surface area (Å²) in [6.07, 6.45) is -0.872. The molecule has 0 bridgehead atoms. The molecule has 5 N–H and O–H groups in total. The molecule has 0 spiro atoms. The van der Waals surface area contributed by atoms with Crippen LogP contribution in [-0.2, 0) is 4.74 Å². The number of rotatable bonds is 3. The first kappa shape index (κ1) is 11.2. The first-order chi connectivity index (χ1) is 7.61. The van der Waals surface area contributed by atoms with Crippen LogP contribution in [0.25, 0.3) is 5.70 Å². The molecule has 2 heterocycles. The normalized spacial score (nSPS) is 29.5. The minimum absolute atomic E-state index is 0.172. The average Bonchev–Trinajstić information content (AvgIpc) is 2.83. The fraction of sp³-hybridized carbons (Fsp3) is 0.455. The quantitative estimate of drug-likeness (QED) is 0.587. The van der Waals surface area contributed by atoms with Gasteiger partial charge < -0.3 is 25.7 Å². The molecule has 1 aromatic rings. The Labute approximate surface area is 93.5 Å². The topological polar surface area (TPSA) is 91.5 Å². The van der Waals surface area contributed by atoms with Crippen molar-refractivity contribution in [3.8, 4) is 0 Å². The number of aromatic nitrogens is 1. The zero-order valence-electron chi connectivity index (χ0n) is 8.89. The van der Waals surface area contributed by atoms with Crippen LogP contribution in [0.2, 0.25) is 0 Å². The number of aliphatic hydroxyl groups excluding tert-OH is 2. The first-order valence-electron chi connectivity index (χ1n) is 5.20. The van der Waals surface area contributed by atoms with Crippen molar-refractivity contribution in [2.45, 2.75) is 24.7 Å². The summed E-state index contributed by atoms with van der Waals surface area (Å²) in [6, 6.07) is 3.67. The van der Waals surface area contributed by atoms with Gasteiger partial charge in [-0.1, -0.05) is 6.58 Å². The van der Waals surface area contributed by atoms with Gasteiger partial charge in [-0.05, 0) is 12.1 Å². The van der Waals surface area contributed by atoms with Crippen molar-refractivity contribution in [1.82, 2.24) is 4.98 Å². The van der Waals surface area contributed by atoms with Crippen LogP contribution in [0.15, 0.2) is 18.7 Å². The van der Waals surface area contributed by atoms with Crippen molar-refractivity contribution in [3.63, 3.8) is 0 Å². The van der Waals surface area contributed by atoms with Crippen LogP contribution in [0.3, 0.4) is 0 Å². The second kappa shape index (κ2) is 4.29. The number of nitrogens with one attached hydrogen (secondary N) is 1. The summed E-state index contributed by atoms with van der Waals surface area (Å²) in [6.45, 7) is 3.46. The van der Waals surface area contributed by atoms with E-state index in [1.807, 2.05) is 12.1 Å². The van der Waals surface area contributed by atoms with Crippen molar-refractivity contribution in [2.24, 2.45) is 5.73 Å². The molecule has 5 heteroatoms. The summed E-state index contributed by atoms with van der Waals surface area (Å²) >= 11 is 0. The fourth-order valence-corrected chi connectivity index (χ4v) is 1.88. The Balaban J connectivity index is 2.11. The van der Waals surface area contributed by atoms with E-state index in [9.17, 15) is 5.11 Å². The molecule has 0 saturated carbocycles. The Kier molecular flexibility index (Phi) is 3.00. The number of H-pyrrole nitrogens is 1. The summed E-state index contributed by atoms with van der Waals surface area (Å²) < 4.78 is 5.50. The highest BCUT2D eigenvalue weighted by atomic mass is 16.5. The molecule has 1 aromatic heterocycles. The van der Waals surface area contributed by atoms with Gasteiger partial charge in [0.1, 0.15) is 12.2 Å². The molecule has 1 aliphatic heterocycles. The van der Waals surface area contributed by atoms with Gasteiger partial charge in [-0.15, -0.1) is 0 Å². The number of aromatic amines is 1. The van der Waals surface area contributed by atoms with Crippen LogP contribution in [-0.4, -0.2) is 34.0 Å². The molecular weight excluding hydrogens is 208 g/mol. The van der Waals surface area contributed by atoms with Gasteiger partial charge in [-0.3, -0.25) is 0 Å². The predicted molar refractivity (Wildman–Crippen MR) is 59.3 cm³/mol. The van der Waals surface area contributed by atoms with Gasteiger partial charge in [-0.25, -0.2) is 0 Å². The Morgan fingerprint density at radius 3 is 2.88 bits per heavy atom. The van der Waals surface area contributed by atoms with E-state index in [1.165, 1.54) is 0 Å². The summed E-state index contributed by atoms with van der Waals surface area (Å²) in [5, 5.41) is 18.6. The van der Waals surface area contributed by atoms with Crippen LogP contribution >= 0.6 is 0 Å². The van der Waals surface area contributed by atoms with Crippen molar-refractivity contribution in [2.75, 3.05) is 6.61 Å². The maximum Gasteiger partial charge on any atom is 0.107 e. The number of aliphatic hydroxyl groups is 2. The molecule has 1 fully saturated rings. The van der Waals surface area contributed by atoms with Gasteiger partial charge in [0.2, 0.25) is 0 Å². The molecule has 0 unspecified atom stereocenters. The third-order valence-corrected chi connectivity index (χ3v) is 2.81. The molecule has 0 aromatic carbocycles. The highest BCUT2D eigenvalue weighted by molar-refractivity contribution is 5.57. The Morgan fingerprint density at radius 1 is 1.62 bits per heavy atom. The molecular formula is C11H16N2O3. The third-order valence-electron chi connectivity index (χ3n) is 2.81. The number of hydrogen-bond donors (Lipinski definition) is 4. The lowest BCUT2D eigenvalue weighted by atomic mass is 10.1. The minimum atomic E-state index is -0.622. The largest absolute Gasteiger partial charge is 0.398 e. The molecule has 16 heavy (non-hydrogen) atoms. The van der Waals surface area contributed by atoms with Crippen molar-refractivity contribution in [1.29, 1.82) is 0 Å². The van der Waals surface area contributed by atoms with Crippen molar-refractivity contribution >= 4 is 5.70 Å². The van der Waals surface area contributed by atoms with E-state index >= 15 is 0 Å². The summed E-state index contributed by atoms with van der Waals surface area (Å²) in [4.78, 5) is 3.08. The first-order valence-corrected chi connectivity index (χ1v) is 5.20. The smallest absolute Gasteiger partial charge is 0.107 e. The average molecular weight is 224 g/mol. The van der Waals surface area contributed by atoms with Crippen LogP contribution < -0.4 is 5.73 Å². The molecule has 5 nitrogen and oxygen atoms in total. The zero-order chi connectivity index (χ0) is 11.7. The number of ether oxygens (including phenoxy) is 1. The molecule has 0 aliphatic carbocycles. The molecule has 2 rings (SSSR count). The van der Waals surface area contributed by atoms with Crippen LogP contribution in [0.5, 0.6) is 0 Å². The second-order valence-corrected chi connectivity index (χ2v) is 4.00. The van der Waals surface area contributed by atoms with E-state index in [0.29, 0.717) is 12.1 Å². The minimum Gasteiger partial charge on any atom is -0.398 e. The summed E-state index contributed by atoms with van der Waals surface area (Å²) in [5.74, 6) is 0. The van der Waals surface area contributed by atoms with E-state index in [2.05, 4.69) is 11.6 Å². The van der Waals surface area contributed by atoms with E-state index in [-0.39, 0.29) is 12.7 Å². The maximum atomic E-state index is 9.60. The summed E-state index contributed by atoms with van der Waals surface area (Å²) in [5.41, 5.74) is 7.61.